The van der Waals surface area contributed by atoms with E-state index < -0.39 is 0 Å². The fourth-order valence-corrected chi connectivity index (χ4v) is 4.18. The number of rotatable bonds is 7. The Balaban J connectivity index is 1.64. The van der Waals surface area contributed by atoms with Gasteiger partial charge in [-0.05, 0) is 69.0 Å². The largest absolute Gasteiger partial charge is 0.483 e. The van der Waals surface area contributed by atoms with Gasteiger partial charge in [0.2, 0.25) is 5.91 Å². The molecule has 1 amide bonds. The molecular formula is C23H27ClN4O2S. The summed E-state index contributed by atoms with van der Waals surface area (Å²) in [6.45, 7) is 9.79. The molecule has 1 atom stereocenters. The molecule has 3 rings (SSSR count). The van der Waals surface area contributed by atoms with Crippen molar-refractivity contribution in [2.75, 3.05) is 11.1 Å². The number of carbonyl (C=O) groups excluding carboxylic acids is 1. The van der Waals surface area contributed by atoms with Gasteiger partial charge in [0.25, 0.3) is 0 Å². The van der Waals surface area contributed by atoms with Crippen LogP contribution in [0.4, 0.5) is 5.69 Å². The Hall–Kier alpha value is -2.51. The number of hydrogen-bond donors (Lipinski definition) is 1. The molecule has 0 saturated carbocycles. The highest BCUT2D eigenvalue weighted by atomic mass is 35.5. The molecule has 0 saturated heterocycles. The van der Waals surface area contributed by atoms with Crippen molar-refractivity contribution in [2.24, 2.45) is 7.05 Å². The summed E-state index contributed by atoms with van der Waals surface area (Å²) in [5.74, 6) is 1.58. The molecule has 164 valence electrons. The number of ether oxygens (including phenoxy) is 1. The maximum Gasteiger partial charge on any atom is 0.234 e. The first kappa shape index (κ1) is 23.2. The molecule has 0 aliphatic heterocycles. The van der Waals surface area contributed by atoms with Gasteiger partial charge in [-0.1, -0.05) is 41.6 Å². The van der Waals surface area contributed by atoms with Gasteiger partial charge in [-0.3, -0.25) is 4.79 Å². The van der Waals surface area contributed by atoms with Crippen molar-refractivity contribution in [1.29, 1.82) is 0 Å². The third kappa shape index (κ3) is 5.40. The first-order valence-electron chi connectivity index (χ1n) is 9.99. The predicted molar refractivity (Wildman–Crippen MR) is 126 cm³/mol. The number of carbonyl (C=O) groups is 1. The van der Waals surface area contributed by atoms with Gasteiger partial charge >= 0.3 is 0 Å². The fraction of sp³-hybridized carbons (Fsp3) is 0.348. The van der Waals surface area contributed by atoms with Crippen LogP contribution in [-0.2, 0) is 11.8 Å². The molecule has 2 aromatic carbocycles. The standard InChI is InChI=1S/C23H27ClN4O2S/c1-13-8-7-9-14(2)21(13)25-19(29)12-31-23-27-26-22(28(23)6)17(5)30-18-10-15(3)20(24)16(4)11-18/h7-11,17H,12H2,1-6H3,(H,25,29). The molecule has 1 aromatic heterocycles. The average molecular weight is 459 g/mol. The fourth-order valence-electron chi connectivity index (χ4n) is 3.35. The van der Waals surface area contributed by atoms with Crippen LogP contribution in [0.3, 0.4) is 0 Å². The molecule has 0 aliphatic carbocycles. The predicted octanol–water partition coefficient (Wildman–Crippen LogP) is 5.57. The summed E-state index contributed by atoms with van der Waals surface area (Å²) >= 11 is 7.58. The van der Waals surface area contributed by atoms with Crippen LogP contribution in [0.1, 0.15) is 41.1 Å². The van der Waals surface area contributed by atoms with Gasteiger partial charge < -0.3 is 14.6 Å². The summed E-state index contributed by atoms with van der Waals surface area (Å²) in [6, 6.07) is 9.77. The van der Waals surface area contributed by atoms with Gasteiger partial charge in [0, 0.05) is 17.8 Å². The van der Waals surface area contributed by atoms with Crippen molar-refractivity contribution < 1.29 is 9.53 Å². The van der Waals surface area contributed by atoms with E-state index in [4.69, 9.17) is 16.3 Å². The van der Waals surface area contributed by atoms with Crippen LogP contribution >= 0.6 is 23.4 Å². The van der Waals surface area contributed by atoms with E-state index in [9.17, 15) is 4.79 Å². The van der Waals surface area contributed by atoms with Crippen molar-refractivity contribution in [3.8, 4) is 5.75 Å². The molecule has 0 fully saturated rings. The van der Waals surface area contributed by atoms with E-state index in [-0.39, 0.29) is 17.8 Å². The van der Waals surface area contributed by atoms with Gasteiger partial charge in [-0.2, -0.15) is 0 Å². The van der Waals surface area contributed by atoms with E-state index in [0.717, 1.165) is 38.7 Å². The lowest BCUT2D eigenvalue weighted by Gasteiger charge is -2.16. The number of nitrogens with zero attached hydrogens (tertiary/aromatic N) is 3. The minimum Gasteiger partial charge on any atom is -0.483 e. The van der Waals surface area contributed by atoms with Crippen LogP contribution in [0.5, 0.6) is 5.75 Å². The van der Waals surface area contributed by atoms with Crippen LogP contribution in [0.15, 0.2) is 35.5 Å². The third-order valence-electron chi connectivity index (χ3n) is 5.03. The van der Waals surface area contributed by atoms with Crippen LogP contribution in [0, 0.1) is 27.7 Å². The molecule has 3 aromatic rings. The summed E-state index contributed by atoms with van der Waals surface area (Å²) in [7, 11) is 1.87. The topological polar surface area (TPSA) is 69.0 Å². The average Bonchev–Trinajstić information content (AvgIpc) is 3.08. The van der Waals surface area contributed by atoms with Crippen molar-refractivity contribution in [1.82, 2.24) is 14.8 Å². The first-order valence-corrected chi connectivity index (χ1v) is 11.3. The molecule has 0 spiro atoms. The number of anilines is 1. The van der Waals surface area contributed by atoms with E-state index in [1.54, 1.807) is 0 Å². The lowest BCUT2D eigenvalue weighted by atomic mass is 10.1. The zero-order valence-electron chi connectivity index (χ0n) is 18.6. The van der Waals surface area contributed by atoms with Gasteiger partial charge in [-0.25, -0.2) is 0 Å². The Kier molecular flexibility index (Phi) is 7.28. The summed E-state index contributed by atoms with van der Waals surface area (Å²) in [6.07, 6.45) is -0.310. The number of nitrogens with one attached hydrogen (secondary N) is 1. The molecule has 0 bridgehead atoms. The maximum atomic E-state index is 12.4. The number of aryl methyl sites for hydroxylation is 4. The van der Waals surface area contributed by atoms with E-state index in [0.29, 0.717) is 11.0 Å². The van der Waals surface area contributed by atoms with Gasteiger partial charge in [0.05, 0.1) is 5.75 Å². The Morgan fingerprint density at radius 1 is 1.13 bits per heavy atom. The first-order chi connectivity index (χ1) is 14.7. The molecule has 8 heteroatoms. The van der Waals surface area contributed by atoms with Crippen LogP contribution in [-0.4, -0.2) is 26.4 Å². The van der Waals surface area contributed by atoms with E-state index in [1.165, 1.54) is 11.8 Å². The number of benzene rings is 2. The second-order valence-electron chi connectivity index (χ2n) is 7.63. The Morgan fingerprint density at radius 2 is 1.74 bits per heavy atom. The van der Waals surface area contributed by atoms with Crippen LogP contribution in [0.2, 0.25) is 5.02 Å². The van der Waals surface area contributed by atoms with Crippen molar-refractivity contribution in [3.05, 3.63) is 63.4 Å². The number of halogens is 1. The lowest BCUT2D eigenvalue weighted by molar-refractivity contribution is -0.113. The van der Waals surface area contributed by atoms with E-state index in [2.05, 4.69) is 15.5 Å². The van der Waals surface area contributed by atoms with Crippen LogP contribution < -0.4 is 10.1 Å². The van der Waals surface area contributed by atoms with Crippen molar-refractivity contribution in [3.63, 3.8) is 0 Å². The molecule has 1 N–H and O–H groups in total. The normalized spacial score (nSPS) is 12.0. The SMILES string of the molecule is Cc1cc(OC(C)c2nnc(SCC(=O)Nc3c(C)cccc3C)n2C)cc(C)c1Cl. The van der Waals surface area contributed by atoms with E-state index >= 15 is 0 Å². The number of amides is 1. The van der Waals surface area contributed by atoms with E-state index in [1.807, 2.05) is 76.6 Å². The van der Waals surface area contributed by atoms with Crippen LogP contribution in [0.25, 0.3) is 0 Å². The summed E-state index contributed by atoms with van der Waals surface area (Å²) in [5.41, 5.74) is 4.87. The minimum atomic E-state index is -0.310. The highest BCUT2D eigenvalue weighted by Crippen LogP contribution is 2.29. The van der Waals surface area contributed by atoms with Gasteiger partial charge in [-0.15, -0.1) is 10.2 Å². The molecule has 6 nitrogen and oxygen atoms in total. The molecule has 1 unspecified atom stereocenters. The zero-order valence-corrected chi connectivity index (χ0v) is 20.2. The second kappa shape index (κ2) is 9.75. The Morgan fingerprint density at radius 3 is 2.35 bits per heavy atom. The minimum absolute atomic E-state index is 0.0802. The number of hydrogen-bond acceptors (Lipinski definition) is 5. The molecule has 0 radical (unpaired) electrons. The molecule has 0 aliphatic rings. The van der Waals surface area contributed by atoms with Gasteiger partial charge in [0.1, 0.15) is 5.75 Å². The number of para-hydroxylation sites is 1. The molecule has 31 heavy (non-hydrogen) atoms. The Labute approximate surface area is 192 Å². The van der Waals surface area contributed by atoms with Gasteiger partial charge in [0.15, 0.2) is 17.1 Å². The maximum absolute atomic E-state index is 12.4. The monoisotopic (exact) mass is 458 g/mol. The molecule has 1 heterocycles. The zero-order chi connectivity index (χ0) is 22.7. The third-order valence-corrected chi connectivity index (χ3v) is 6.65. The smallest absolute Gasteiger partial charge is 0.234 e. The quantitative estimate of drug-likeness (QED) is 0.468. The highest BCUT2D eigenvalue weighted by molar-refractivity contribution is 7.99. The molecular weight excluding hydrogens is 432 g/mol. The summed E-state index contributed by atoms with van der Waals surface area (Å²) < 4.78 is 7.93. The van der Waals surface area contributed by atoms with Crippen molar-refractivity contribution >= 4 is 35.0 Å². The summed E-state index contributed by atoms with van der Waals surface area (Å²) in [4.78, 5) is 12.4. The number of aromatic nitrogens is 3. The second-order valence-corrected chi connectivity index (χ2v) is 8.96. The van der Waals surface area contributed by atoms with Crippen molar-refractivity contribution in [2.45, 2.75) is 45.9 Å². The Bertz CT molecular complexity index is 1070. The number of thioether (sulfide) groups is 1. The summed E-state index contributed by atoms with van der Waals surface area (Å²) in [5, 5.41) is 12.9. The lowest BCUT2D eigenvalue weighted by Crippen LogP contribution is -2.16. The highest BCUT2D eigenvalue weighted by Gasteiger charge is 2.19.